The molecule has 1 heterocycles. The Hall–Kier alpha value is -2.88. The number of amides is 1. The normalized spacial score (nSPS) is 14.6. The molecule has 1 saturated carbocycles. The fraction of sp³-hybridized carbons (Fsp3) is 0.346. The molecule has 0 aliphatic heterocycles. The van der Waals surface area contributed by atoms with Crippen molar-refractivity contribution in [2.24, 2.45) is 0 Å². The van der Waals surface area contributed by atoms with Crippen molar-refractivity contribution in [1.29, 1.82) is 0 Å². The second kappa shape index (κ2) is 9.29. The summed E-state index contributed by atoms with van der Waals surface area (Å²) in [6, 6.07) is 18.8. The summed E-state index contributed by atoms with van der Waals surface area (Å²) in [7, 11) is 0. The molecule has 1 aromatic heterocycles. The third kappa shape index (κ3) is 4.81. The highest BCUT2D eigenvalue weighted by molar-refractivity contribution is 5.94. The first kappa shape index (κ1) is 20.4. The first-order valence-electron chi connectivity index (χ1n) is 10.9. The minimum absolute atomic E-state index is 0.00907. The molecule has 0 spiro atoms. The lowest BCUT2D eigenvalue weighted by Gasteiger charge is -2.35. The molecule has 1 fully saturated rings. The summed E-state index contributed by atoms with van der Waals surface area (Å²) in [6.45, 7) is 3.46. The van der Waals surface area contributed by atoms with Crippen LogP contribution in [0.15, 0.2) is 66.9 Å². The number of rotatable bonds is 6. The van der Waals surface area contributed by atoms with Gasteiger partial charge >= 0.3 is 0 Å². The summed E-state index contributed by atoms with van der Waals surface area (Å²) in [5.74, 6) is -0.326. The zero-order valence-electron chi connectivity index (χ0n) is 17.6. The van der Waals surface area contributed by atoms with Gasteiger partial charge in [0.25, 0.3) is 5.91 Å². The molecule has 30 heavy (non-hydrogen) atoms. The van der Waals surface area contributed by atoms with Crippen LogP contribution in [0.2, 0.25) is 0 Å². The third-order valence-electron chi connectivity index (χ3n) is 6.06. The van der Waals surface area contributed by atoms with E-state index in [4.69, 9.17) is 0 Å². The van der Waals surface area contributed by atoms with E-state index in [1.165, 1.54) is 29.7 Å². The van der Waals surface area contributed by atoms with E-state index in [1.807, 2.05) is 11.0 Å². The average molecular weight is 405 g/mol. The van der Waals surface area contributed by atoms with Crippen LogP contribution in [0.5, 0.6) is 0 Å². The Morgan fingerprint density at radius 2 is 1.80 bits per heavy atom. The van der Waals surface area contributed by atoms with E-state index in [9.17, 15) is 9.18 Å². The monoisotopic (exact) mass is 404 g/mol. The van der Waals surface area contributed by atoms with Crippen molar-refractivity contribution in [2.75, 3.05) is 0 Å². The number of carbonyl (C=O) groups is 1. The number of halogens is 1. The maximum Gasteiger partial charge on any atom is 0.254 e. The van der Waals surface area contributed by atoms with Crippen LogP contribution >= 0.6 is 0 Å². The Morgan fingerprint density at radius 1 is 1.03 bits per heavy atom. The van der Waals surface area contributed by atoms with E-state index in [2.05, 4.69) is 48.0 Å². The Balaban J connectivity index is 1.58. The van der Waals surface area contributed by atoms with Gasteiger partial charge in [-0.1, -0.05) is 49.1 Å². The van der Waals surface area contributed by atoms with Crippen LogP contribution in [-0.4, -0.2) is 21.4 Å². The van der Waals surface area contributed by atoms with Gasteiger partial charge in [0, 0.05) is 30.0 Å². The fourth-order valence-corrected chi connectivity index (χ4v) is 4.45. The lowest BCUT2D eigenvalue weighted by Crippen LogP contribution is -2.41. The molecule has 0 unspecified atom stereocenters. The molecule has 1 amide bonds. The maximum atomic E-state index is 13.4. The smallest absolute Gasteiger partial charge is 0.254 e. The molecule has 0 radical (unpaired) electrons. The van der Waals surface area contributed by atoms with Gasteiger partial charge in [-0.3, -0.25) is 4.79 Å². The first-order valence-corrected chi connectivity index (χ1v) is 10.9. The summed E-state index contributed by atoms with van der Waals surface area (Å²) in [5, 5.41) is 0. The van der Waals surface area contributed by atoms with E-state index < -0.39 is 0 Å². The average Bonchev–Trinajstić information content (AvgIpc) is 3.19. The van der Waals surface area contributed by atoms with Gasteiger partial charge in [0.1, 0.15) is 5.82 Å². The van der Waals surface area contributed by atoms with Crippen LogP contribution < -0.4 is 0 Å². The molecule has 2 aromatic carbocycles. The predicted molar refractivity (Wildman–Crippen MR) is 118 cm³/mol. The van der Waals surface area contributed by atoms with Crippen molar-refractivity contribution in [1.82, 2.24) is 9.47 Å². The molecule has 0 saturated heterocycles. The summed E-state index contributed by atoms with van der Waals surface area (Å²) >= 11 is 0. The molecular formula is C26H29FN2O. The molecule has 156 valence electrons. The number of aryl methyl sites for hydroxylation is 1. The number of benzene rings is 2. The number of nitrogens with zero attached hydrogens (tertiary/aromatic N) is 2. The SMILES string of the molecule is Cc1cccc(Cn2cccc2CN(C(=O)c2ccc(F)cc2)C2CCCCC2)c1. The highest BCUT2D eigenvalue weighted by atomic mass is 19.1. The molecular weight excluding hydrogens is 375 g/mol. The van der Waals surface area contributed by atoms with Gasteiger partial charge in [0.2, 0.25) is 0 Å². The standard InChI is InChI=1S/C26H29FN2O/c1-20-7-5-8-21(17-20)18-28-16-6-11-25(28)19-29(24-9-3-2-4-10-24)26(30)22-12-14-23(27)15-13-22/h5-8,11-17,24H,2-4,9-10,18-19H2,1H3. The molecule has 1 aliphatic carbocycles. The van der Waals surface area contributed by atoms with Gasteiger partial charge in [-0.25, -0.2) is 4.39 Å². The predicted octanol–water partition coefficient (Wildman–Crippen LogP) is 5.96. The van der Waals surface area contributed by atoms with Crippen molar-refractivity contribution in [3.8, 4) is 0 Å². The zero-order chi connectivity index (χ0) is 20.9. The second-order valence-electron chi connectivity index (χ2n) is 8.35. The van der Waals surface area contributed by atoms with E-state index in [0.29, 0.717) is 12.1 Å². The highest BCUT2D eigenvalue weighted by Crippen LogP contribution is 2.26. The van der Waals surface area contributed by atoms with Gasteiger partial charge in [-0.05, 0) is 61.7 Å². The van der Waals surface area contributed by atoms with Crippen molar-refractivity contribution in [2.45, 2.75) is 58.2 Å². The van der Waals surface area contributed by atoms with Gasteiger partial charge in [-0.15, -0.1) is 0 Å². The van der Waals surface area contributed by atoms with Gasteiger partial charge in [-0.2, -0.15) is 0 Å². The van der Waals surface area contributed by atoms with Gasteiger partial charge in [0.15, 0.2) is 0 Å². The van der Waals surface area contributed by atoms with Crippen LogP contribution in [0.3, 0.4) is 0 Å². The molecule has 4 rings (SSSR count). The highest BCUT2D eigenvalue weighted by Gasteiger charge is 2.27. The lowest BCUT2D eigenvalue weighted by molar-refractivity contribution is 0.0608. The summed E-state index contributed by atoms with van der Waals surface area (Å²) < 4.78 is 15.6. The second-order valence-corrected chi connectivity index (χ2v) is 8.35. The topological polar surface area (TPSA) is 25.2 Å². The van der Waals surface area contributed by atoms with E-state index in [0.717, 1.165) is 37.9 Å². The van der Waals surface area contributed by atoms with Crippen LogP contribution in [0, 0.1) is 12.7 Å². The molecule has 3 nitrogen and oxygen atoms in total. The Bertz CT molecular complexity index is 986. The molecule has 3 aromatic rings. The summed E-state index contributed by atoms with van der Waals surface area (Å²) in [5.41, 5.74) is 4.18. The number of carbonyl (C=O) groups excluding carboxylic acids is 1. The Kier molecular flexibility index (Phi) is 6.32. The van der Waals surface area contributed by atoms with Crippen LogP contribution in [0.25, 0.3) is 0 Å². The number of aromatic nitrogens is 1. The largest absolute Gasteiger partial charge is 0.345 e. The van der Waals surface area contributed by atoms with Crippen LogP contribution in [-0.2, 0) is 13.1 Å². The number of hydrogen-bond donors (Lipinski definition) is 0. The zero-order valence-corrected chi connectivity index (χ0v) is 17.6. The Labute approximate surface area is 178 Å². The number of hydrogen-bond acceptors (Lipinski definition) is 1. The summed E-state index contributed by atoms with van der Waals surface area (Å²) in [6.07, 6.45) is 7.69. The molecule has 0 N–H and O–H groups in total. The van der Waals surface area contributed by atoms with E-state index in [1.54, 1.807) is 12.1 Å². The fourth-order valence-electron chi connectivity index (χ4n) is 4.45. The van der Waals surface area contributed by atoms with Crippen molar-refractivity contribution >= 4 is 5.91 Å². The van der Waals surface area contributed by atoms with E-state index in [-0.39, 0.29) is 17.8 Å². The third-order valence-corrected chi connectivity index (χ3v) is 6.06. The molecule has 1 aliphatic rings. The van der Waals surface area contributed by atoms with Gasteiger partial charge < -0.3 is 9.47 Å². The maximum absolute atomic E-state index is 13.4. The van der Waals surface area contributed by atoms with Crippen molar-refractivity contribution in [3.05, 3.63) is 95.1 Å². The van der Waals surface area contributed by atoms with Crippen molar-refractivity contribution in [3.63, 3.8) is 0 Å². The van der Waals surface area contributed by atoms with Gasteiger partial charge in [0.05, 0.1) is 6.54 Å². The molecule has 0 bridgehead atoms. The minimum Gasteiger partial charge on any atom is -0.345 e. The van der Waals surface area contributed by atoms with Crippen LogP contribution in [0.1, 0.15) is 59.3 Å². The molecule has 0 atom stereocenters. The quantitative estimate of drug-likeness (QED) is 0.498. The minimum atomic E-state index is -0.317. The van der Waals surface area contributed by atoms with Crippen molar-refractivity contribution < 1.29 is 9.18 Å². The first-order chi connectivity index (χ1) is 14.6. The van der Waals surface area contributed by atoms with E-state index >= 15 is 0 Å². The lowest BCUT2D eigenvalue weighted by atomic mass is 9.93. The molecule has 4 heteroatoms. The summed E-state index contributed by atoms with van der Waals surface area (Å²) in [4.78, 5) is 15.4. The Morgan fingerprint density at radius 3 is 2.53 bits per heavy atom. The van der Waals surface area contributed by atoms with Crippen LogP contribution in [0.4, 0.5) is 4.39 Å².